The quantitative estimate of drug-likeness (QED) is 0.0438. The van der Waals surface area contributed by atoms with Gasteiger partial charge in [0.05, 0.1) is 70.6 Å². The Morgan fingerprint density at radius 2 is 1.22 bits per heavy atom. The normalized spacial score (nSPS) is 11.0. The van der Waals surface area contributed by atoms with Crippen LogP contribution in [0.5, 0.6) is 0 Å². The number of aromatic amines is 2. The van der Waals surface area contributed by atoms with Crippen molar-refractivity contribution in [2.75, 3.05) is 11.5 Å². The van der Waals surface area contributed by atoms with Gasteiger partial charge in [-0.15, -0.1) is 0 Å². The molecule has 0 aliphatic rings. The predicted octanol–water partition coefficient (Wildman–Crippen LogP) is 7.94. The van der Waals surface area contributed by atoms with Crippen molar-refractivity contribution < 1.29 is 57.3 Å². The first-order chi connectivity index (χ1) is 32.0. The van der Waals surface area contributed by atoms with Crippen molar-refractivity contribution in [3.8, 4) is 22.3 Å². The molecule has 0 amide bonds. The van der Waals surface area contributed by atoms with Crippen LogP contribution in [0.25, 0.3) is 44.3 Å². The number of imidazole rings is 2. The van der Waals surface area contributed by atoms with Crippen molar-refractivity contribution in [3.63, 3.8) is 0 Å². The number of benzene rings is 2. The van der Waals surface area contributed by atoms with Crippen molar-refractivity contribution in [3.05, 3.63) is 158 Å². The summed E-state index contributed by atoms with van der Waals surface area (Å²) in [5, 5.41) is 20.2. The zero-order chi connectivity index (χ0) is 48.6. The van der Waals surface area contributed by atoms with Crippen LogP contribution in [0.15, 0.2) is 92.9 Å². The van der Waals surface area contributed by atoms with Crippen molar-refractivity contribution >= 4 is 79.7 Å². The summed E-state index contributed by atoms with van der Waals surface area (Å²) in [7, 11) is 1.36. The molecule has 0 saturated heterocycles. The molecular weight excluding hydrogens is 1140 g/mol. The number of H-pyrrole nitrogens is 2. The van der Waals surface area contributed by atoms with E-state index >= 15 is 0 Å². The number of esters is 1. The summed E-state index contributed by atoms with van der Waals surface area (Å²) in [6, 6.07) is 15.4. The van der Waals surface area contributed by atoms with E-state index in [2.05, 4.69) is 80.7 Å². The predicted molar refractivity (Wildman–Crippen MR) is 256 cm³/mol. The van der Waals surface area contributed by atoms with E-state index in [4.69, 9.17) is 13.8 Å². The number of nitrogens with one attached hydrogen (secondary N) is 2. The summed E-state index contributed by atoms with van der Waals surface area (Å²) < 4.78 is 56.8. The average molecular weight is 1180 g/mol. The van der Waals surface area contributed by atoms with Gasteiger partial charge in [-0.25, -0.2) is 32.9 Å². The number of fused-ring (bicyclic) bond motifs is 2. The summed E-state index contributed by atoms with van der Waals surface area (Å²) in [5.41, 5.74) is 6.23. The molecule has 9 aromatic rings. The number of methoxy groups -OCH3 is 1. The molecule has 0 fully saturated rings. The molecule has 14 nitrogen and oxygen atoms in total. The fourth-order valence-corrected chi connectivity index (χ4v) is 9.77. The second-order valence-electron chi connectivity index (χ2n) is 14.9. The van der Waals surface area contributed by atoms with E-state index in [0.717, 1.165) is 57.9 Å². The topological polar surface area (TPSA) is 195 Å². The minimum atomic E-state index is -1.96. The van der Waals surface area contributed by atoms with Gasteiger partial charge < -0.3 is 30.3 Å². The fourth-order valence-electron chi connectivity index (χ4n) is 7.12. The molecule has 7 aromatic heterocycles. The summed E-state index contributed by atoms with van der Waals surface area (Å²) in [4.78, 5) is 39.2. The Hall–Kier alpha value is -5.07. The molecule has 9 rings (SSSR count). The summed E-state index contributed by atoms with van der Waals surface area (Å²) in [6.45, 7) is 13.2. The van der Waals surface area contributed by atoms with Crippen LogP contribution in [-0.2, 0) is 10.3 Å². The number of halogens is 6. The third-order valence-electron chi connectivity index (χ3n) is 10.00. The summed E-state index contributed by atoms with van der Waals surface area (Å²) in [6.07, 6.45) is 4.52. The molecule has 7 heterocycles. The molecule has 3 N–H and O–H groups in total. The molecule has 0 spiro atoms. The number of ether oxygens (including phenoxy) is 1. The van der Waals surface area contributed by atoms with Crippen molar-refractivity contribution in [2.45, 2.75) is 60.5 Å². The zero-order valence-corrected chi connectivity index (χ0v) is 44.8. The Kier molecular flexibility index (Phi) is 19.0. The first-order valence-corrected chi connectivity index (χ1v) is 27.5. The van der Waals surface area contributed by atoms with E-state index in [-0.39, 0.29) is 41.7 Å². The molecule has 2 aromatic carbocycles. The zero-order valence-electron chi connectivity index (χ0n) is 39.1. The maximum Gasteiger partial charge on any atom is 2.00 e. The smallest absolute Gasteiger partial charge is 1.00 e. The summed E-state index contributed by atoms with van der Waals surface area (Å²) >= 11 is 6.91. The number of aryl methyl sites for hydroxylation is 6. The maximum absolute atomic E-state index is 13.7. The summed E-state index contributed by atoms with van der Waals surface area (Å²) in [5.74, 6) is 0.844. The monoisotopic (exact) mass is 1180 g/mol. The average Bonchev–Trinajstić information content (AvgIpc) is 4.07. The van der Waals surface area contributed by atoms with Crippen LogP contribution in [0.4, 0.5) is 13.2 Å². The molecule has 0 radical (unpaired) electrons. The van der Waals surface area contributed by atoms with Crippen LogP contribution in [0.1, 0.15) is 76.6 Å². The van der Waals surface area contributed by atoms with Gasteiger partial charge >= 0.3 is 78.5 Å². The SMILES string of the molecule is CCC[I-]Br.COC(=O)c1cc(-c2c(C)noc2C)cc2[nH]c(C)nc12.Cc1nc2c(C(O)(c3ccc(F)cn3)c3ccc(F)cn3)cc(-c3c(C)noc3C)cc2[nH]1.Fc1ccc(Br)nc1.[H-].[Mg+2]. The minimum Gasteiger partial charge on any atom is -1.00 e. The Bertz CT molecular complexity index is 3030. The first-order valence-electron chi connectivity index (χ1n) is 20.4. The number of alkyl halides is 1. The van der Waals surface area contributed by atoms with Gasteiger partial charge in [-0.3, -0.25) is 9.97 Å². The van der Waals surface area contributed by atoms with Crippen molar-refractivity contribution in [1.29, 1.82) is 0 Å². The van der Waals surface area contributed by atoms with E-state index in [1.54, 1.807) is 32.0 Å². The van der Waals surface area contributed by atoms with Gasteiger partial charge in [0.2, 0.25) is 0 Å². The second kappa shape index (κ2) is 24.0. The number of rotatable bonds is 8. The molecule has 0 bridgehead atoms. The second-order valence-corrected chi connectivity index (χ2v) is 20.2. The first kappa shape index (κ1) is 53.9. The number of hydrogen-bond acceptors (Lipinski definition) is 12. The molecule has 352 valence electrons. The number of nitrogens with zero attached hydrogens (tertiary/aromatic N) is 7. The van der Waals surface area contributed by atoms with E-state index in [1.807, 2.05) is 39.8 Å². The number of aromatic nitrogens is 9. The Balaban J connectivity index is 0.000000245. The maximum atomic E-state index is 13.7. The van der Waals surface area contributed by atoms with Gasteiger partial charge in [0.1, 0.15) is 50.7 Å². The van der Waals surface area contributed by atoms with Gasteiger partial charge in [-0.2, -0.15) is 0 Å². The number of carbonyl (C=O) groups is 1. The Labute approximate surface area is 431 Å². The van der Waals surface area contributed by atoms with E-state index in [0.29, 0.717) is 74.3 Å². The fraction of sp³-hybridized carbons (Fsp3) is 0.234. The molecule has 0 atom stereocenters. The molecule has 0 aliphatic heterocycles. The number of aliphatic hydroxyl groups is 1. The van der Waals surface area contributed by atoms with E-state index in [1.165, 1.54) is 48.3 Å². The minimum absolute atomic E-state index is 0. The van der Waals surface area contributed by atoms with Gasteiger partial charge in [-0.1, -0.05) is 10.3 Å². The van der Waals surface area contributed by atoms with Crippen molar-refractivity contribution in [2.24, 2.45) is 0 Å². The Morgan fingerprint density at radius 1 is 0.750 bits per heavy atom. The van der Waals surface area contributed by atoms with Crippen LogP contribution in [0.3, 0.4) is 0 Å². The van der Waals surface area contributed by atoms with Gasteiger partial charge in [0.15, 0.2) is 5.60 Å². The molecule has 0 saturated carbocycles. The van der Waals surface area contributed by atoms with E-state index in [9.17, 15) is 23.1 Å². The largest absolute Gasteiger partial charge is 2.00 e. The number of carbonyl (C=O) groups excluding carboxylic acids is 1. The third kappa shape index (κ3) is 12.4. The molecule has 0 unspecified atom stereocenters. The van der Waals surface area contributed by atoms with Crippen LogP contribution in [-0.4, -0.2) is 90.9 Å². The Morgan fingerprint density at radius 3 is 1.60 bits per heavy atom. The van der Waals surface area contributed by atoms with Crippen LogP contribution in [0, 0.1) is 59.0 Å². The van der Waals surface area contributed by atoms with Gasteiger partial charge in [0, 0.05) is 16.7 Å². The van der Waals surface area contributed by atoms with Gasteiger partial charge in [0.25, 0.3) is 0 Å². The van der Waals surface area contributed by atoms with Crippen LogP contribution < -0.4 is 19.0 Å². The van der Waals surface area contributed by atoms with E-state index < -0.39 is 23.2 Å². The molecule has 68 heavy (non-hydrogen) atoms. The number of pyridine rings is 3. The molecule has 0 aliphatic carbocycles. The van der Waals surface area contributed by atoms with Gasteiger partial charge in [-0.05, 0) is 129 Å². The molecule has 21 heteroatoms. The van der Waals surface area contributed by atoms with Crippen LogP contribution in [0.2, 0.25) is 0 Å². The number of hydrogen-bond donors (Lipinski definition) is 3. The van der Waals surface area contributed by atoms with Crippen LogP contribution >= 0.6 is 28.6 Å². The third-order valence-corrected chi connectivity index (χ3v) is 14.0. The van der Waals surface area contributed by atoms with Crippen molar-refractivity contribution in [1.82, 2.24) is 45.2 Å². The molecular formula is C47H45Br2F3IMgN9O5. The standard InChI is InChI=1S/C24H19F2N5O2.C15H15N3O3.C5H3BrFN.C3H7BrI.Mg.H/c1-12-22(13(2)33-31-12)15-8-18(23-19(9-15)29-14(3)30-23)24(32,20-6-4-16(25)10-27-20)21-7-5-17(26)11-28-21;1-7-13(8(2)21-18-7)10-5-11(15(19)20-4)14-12(6-10)16-9(3)17-14;6-5-2-1-4(7)3-8-5;1-2-3-5-4;;/h4-11,32H,1-3H3,(H,29,30);5-6H,1-4H3,(H,16,17);1-3H;2-3H2,1H3;;/q;;;-1;+2;-1.